The van der Waals surface area contributed by atoms with Gasteiger partial charge in [-0.1, -0.05) is 54.0 Å². The van der Waals surface area contributed by atoms with Gasteiger partial charge in [0, 0.05) is 37.2 Å². The third-order valence-electron chi connectivity index (χ3n) is 7.20. The topological polar surface area (TPSA) is 101 Å². The summed E-state index contributed by atoms with van der Waals surface area (Å²) >= 11 is 0. The number of carboxylic acid groups (broad SMARTS) is 1. The molecule has 0 aliphatic rings. The van der Waals surface area contributed by atoms with E-state index >= 15 is 0 Å². The van der Waals surface area contributed by atoms with Crippen LogP contribution in [0.1, 0.15) is 56.9 Å². The molecule has 0 spiro atoms. The van der Waals surface area contributed by atoms with Gasteiger partial charge in [-0.3, -0.25) is 0 Å². The van der Waals surface area contributed by atoms with Crippen LogP contribution in [0.4, 0.5) is 0 Å². The first-order chi connectivity index (χ1) is 24.2. The molecule has 3 aromatic carbocycles. The summed E-state index contributed by atoms with van der Waals surface area (Å²) in [5, 5.41) is 9.28. The molecule has 0 bridgehead atoms. The van der Waals surface area contributed by atoms with Gasteiger partial charge in [-0.2, -0.15) is 0 Å². The molecular weight excluding hydrogens is 632 g/mol. The number of benzene rings is 3. The Balaban J connectivity index is 1.47. The van der Waals surface area contributed by atoms with Gasteiger partial charge in [0.2, 0.25) is 0 Å². The van der Waals surface area contributed by atoms with E-state index in [4.69, 9.17) is 23.7 Å². The van der Waals surface area contributed by atoms with Crippen molar-refractivity contribution in [3.63, 3.8) is 0 Å². The number of hydrogen-bond acceptors (Lipinski definition) is 7. The largest absolute Gasteiger partial charge is 0.490 e. The number of allylic oxidation sites excluding steroid dienone is 2. The van der Waals surface area contributed by atoms with E-state index in [1.54, 1.807) is 13.8 Å². The van der Waals surface area contributed by atoms with Gasteiger partial charge in [0.25, 0.3) is 0 Å². The maximum atomic E-state index is 12.1. The number of carboxylic acids is 1. The molecule has 0 saturated carbocycles. The van der Waals surface area contributed by atoms with Gasteiger partial charge in [-0.15, -0.1) is 0 Å². The zero-order chi connectivity index (χ0) is 36.1. The van der Waals surface area contributed by atoms with E-state index in [0.29, 0.717) is 51.6 Å². The summed E-state index contributed by atoms with van der Waals surface area (Å²) in [6.07, 6.45) is 3.09. The molecule has 0 amide bonds. The van der Waals surface area contributed by atoms with Crippen LogP contribution in [0.25, 0.3) is 0 Å². The second-order valence-corrected chi connectivity index (χ2v) is 11.2. The van der Waals surface area contributed by atoms with E-state index in [9.17, 15) is 14.7 Å². The third-order valence-corrected chi connectivity index (χ3v) is 7.20. The summed E-state index contributed by atoms with van der Waals surface area (Å²) in [6, 6.07) is 22.7. The van der Waals surface area contributed by atoms with E-state index < -0.39 is 18.2 Å². The minimum absolute atomic E-state index is 0.298. The summed E-state index contributed by atoms with van der Waals surface area (Å²) in [4.78, 5) is 23.4. The van der Waals surface area contributed by atoms with Gasteiger partial charge in [-0.05, 0) is 112 Å². The summed E-state index contributed by atoms with van der Waals surface area (Å²) in [7, 11) is 0. The molecule has 8 heteroatoms. The molecule has 1 N–H and O–H groups in total. The second-order valence-electron chi connectivity index (χ2n) is 11.2. The van der Waals surface area contributed by atoms with Crippen LogP contribution in [0.5, 0.6) is 11.5 Å². The Labute approximate surface area is 296 Å². The van der Waals surface area contributed by atoms with E-state index in [-0.39, 0.29) is 5.97 Å². The lowest BCUT2D eigenvalue weighted by Crippen LogP contribution is -2.28. The lowest BCUT2D eigenvalue weighted by atomic mass is 10.1. The van der Waals surface area contributed by atoms with Crippen LogP contribution < -0.4 is 9.47 Å². The molecule has 3 rings (SSSR count). The molecule has 0 saturated heterocycles. The standard InChI is InChI=1S/C42H46O8/c1-6-46-39(41(43)44)29-35-16-20-37(21-17-35)49-26-24-31(4)12-14-33-10-9-11-34(28-33)15-13-32(5)25-27-50-38-22-18-36(19-23-38)30-40(47-7-2)42(45)48-8-3/h9-11,16-25,28,39-40H,6-8,26-27,29-30H2,1-5H3,(H,43,44). The van der Waals surface area contributed by atoms with Gasteiger partial charge in [0.05, 0.1) is 6.61 Å². The Bertz CT molecular complexity index is 1710. The zero-order valence-corrected chi connectivity index (χ0v) is 29.5. The Morgan fingerprint density at radius 1 is 0.680 bits per heavy atom. The van der Waals surface area contributed by atoms with Crippen molar-refractivity contribution in [2.45, 2.75) is 59.7 Å². The van der Waals surface area contributed by atoms with E-state index in [2.05, 4.69) is 23.7 Å². The molecular formula is C42H46O8. The van der Waals surface area contributed by atoms with Crippen LogP contribution in [0.3, 0.4) is 0 Å². The molecule has 0 aliphatic heterocycles. The summed E-state index contributed by atoms with van der Waals surface area (Å²) < 4.78 is 27.6. The van der Waals surface area contributed by atoms with Crippen molar-refractivity contribution in [2.24, 2.45) is 0 Å². The minimum atomic E-state index is -0.971. The quantitative estimate of drug-likeness (QED) is 0.121. The Morgan fingerprint density at radius 2 is 1.14 bits per heavy atom. The molecule has 262 valence electrons. The van der Waals surface area contributed by atoms with Crippen LogP contribution >= 0.6 is 0 Å². The van der Waals surface area contributed by atoms with Crippen LogP contribution in [0.15, 0.2) is 96.1 Å². The fourth-order valence-corrected chi connectivity index (χ4v) is 4.58. The average molecular weight is 679 g/mol. The monoisotopic (exact) mass is 678 g/mol. The van der Waals surface area contributed by atoms with Gasteiger partial charge in [0.1, 0.15) is 24.7 Å². The molecule has 8 nitrogen and oxygen atoms in total. The highest BCUT2D eigenvalue weighted by Crippen LogP contribution is 2.17. The number of ether oxygens (including phenoxy) is 5. The van der Waals surface area contributed by atoms with Gasteiger partial charge >= 0.3 is 11.9 Å². The molecule has 2 unspecified atom stereocenters. The van der Waals surface area contributed by atoms with E-state index in [1.165, 1.54) is 0 Å². The van der Waals surface area contributed by atoms with Crippen molar-refractivity contribution in [1.82, 2.24) is 0 Å². The maximum absolute atomic E-state index is 12.1. The fraction of sp³-hybridized carbons (Fsp3) is 0.333. The number of rotatable bonds is 17. The molecule has 2 atom stereocenters. The lowest BCUT2D eigenvalue weighted by molar-refractivity contribution is -0.156. The number of carbonyl (C=O) groups excluding carboxylic acids is 1. The predicted molar refractivity (Wildman–Crippen MR) is 194 cm³/mol. The van der Waals surface area contributed by atoms with Crippen molar-refractivity contribution < 1.29 is 38.4 Å². The maximum Gasteiger partial charge on any atom is 0.335 e. The SMILES string of the molecule is CCOC(=O)C(Cc1ccc(OCC=C(C)C#Cc2cccc(C#CC(C)=CCOc3ccc(CC(OCC)C(=O)O)cc3)c2)cc1)OCC. The van der Waals surface area contributed by atoms with Crippen molar-refractivity contribution in [1.29, 1.82) is 0 Å². The Hall–Kier alpha value is -5.28. The van der Waals surface area contributed by atoms with Gasteiger partial charge < -0.3 is 28.8 Å². The highest BCUT2D eigenvalue weighted by atomic mass is 16.6. The predicted octanol–water partition coefficient (Wildman–Crippen LogP) is 6.98. The first-order valence-electron chi connectivity index (χ1n) is 16.7. The Morgan fingerprint density at radius 3 is 1.58 bits per heavy atom. The van der Waals surface area contributed by atoms with E-state index in [0.717, 1.165) is 39.1 Å². The molecule has 0 heterocycles. The van der Waals surface area contributed by atoms with Crippen LogP contribution in [-0.4, -0.2) is 62.3 Å². The first-order valence-corrected chi connectivity index (χ1v) is 16.7. The summed E-state index contributed by atoms with van der Waals surface area (Å²) in [5.41, 5.74) is 5.30. The lowest BCUT2D eigenvalue weighted by Gasteiger charge is -2.15. The molecule has 0 aromatic heterocycles. The normalized spacial score (nSPS) is 12.4. The number of carbonyl (C=O) groups is 2. The highest BCUT2D eigenvalue weighted by molar-refractivity contribution is 5.75. The molecule has 50 heavy (non-hydrogen) atoms. The third kappa shape index (κ3) is 14.5. The first kappa shape index (κ1) is 39.2. The van der Waals surface area contributed by atoms with Crippen LogP contribution in [0.2, 0.25) is 0 Å². The number of aliphatic carboxylic acids is 1. The van der Waals surface area contributed by atoms with Crippen molar-refractivity contribution in [2.75, 3.05) is 33.0 Å². The van der Waals surface area contributed by atoms with Crippen LogP contribution in [0, 0.1) is 23.7 Å². The molecule has 0 radical (unpaired) electrons. The van der Waals surface area contributed by atoms with Crippen LogP contribution in [-0.2, 0) is 36.6 Å². The second kappa shape index (κ2) is 21.6. The van der Waals surface area contributed by atoms with Crippen molar-refractivity contribution in [3.05, 3.63) is 118 Å². The smallest absolute Gasteiger partial charge is 0.335 e. The average Bonchev–Trinajstić information content (AvgIpc) is 3.11. The van der Waals surface area contributed by atoms with E-state index in [1.807, 2.05) is 106 Å². The fourth-order valence-electron chi connectivity index (χ4n) is 4.58. The van der Waals surface area contributed by atoms with Gasteiger partial charge in [-0.25, -0.2) is 9.59 Å². The minimum Gasteiger partial charge on any atom is -0.490 e. The summed E-state index contributed by atoms with van der Waals surface area (Å²) in [6.45, 7) is 11.1. The Kier molecular flexibility index (Phi) is 16.9. The van der Waals surface area contributed by atoms with Crippen molar-refractivity contribution >= 4 is 11.9 Å². The molecule has 0 aliphatic carbocycles. The molecule has 0 fully saturated rings. The highest BCUT2D eigenvalue weighted by Gasteiger charge is 2.20. The zero-order valence-electron chi connectivity index (χ0n) is 29.5. The number of esters is 1. The molecule has 3 aromatic rings. The van der Waals surface area contributed by atoms with Crippen molar-refractivity contribution in [3.8, 4) is 35.2 Å². The van der Waals surface area contributed by atoms with Gasteiger partial charge in [0.15, 0.2) is 12.2 Å². The number of hydrogen-bond donors (Lipinski definition) is 1. The summed E-state index contributed by atoms with van der Waals surface area (Å²) in [5.74, 6) is 12.8.